The van der Waals surface area contributed by atoms with Crippen molar-refractivity contribution in [3.05, 3.63) is 35.4 Å². The Morgan fingerprint density at radius 2 is 1.83 bits per heavy atom. The predicted molar refractivity (Wildman–Crippen MR) is 84.7 cm³/mol. The fraction of sp³-hybridized carbons (Fsp3) is 0.556. The fourth-order valence-electron chi connectivity index (χ4n) is 4.40. The highest BCUT2D eigenvalue weighted by atomic mass is 16.3. The van der Waals surface area contributed by atoms with Gasteiger partial charge in [-0.25, -0.2) is 4.79 Å². The number of nitrogens with one attached hydrogen (secondary N) is 1. The number of fused-ring (bicyclic) bond motifs is 2. The first-order valence-corrected chi connectivity index (χ1v) is 8.49. The monoisotopic (exact) mass is 314 g/mol. The Balaban J connectivity index is 1.63. The van der Waals surface area contributed by atoms with Crippen LogP contribution >= 0.6 is 0 Å². The number of carbonyl (C=O) groups excluding carboxylic acids is 2. The Labute approximate surface area is 135 Å². The number of hydrogen-bond donors (Lipinski definition) is 2. The molecule has 5 heteroatoms. The van der Waals surface area contributed by atoms with Crippen molar-refractivity contribution in [3.63, 3.8) is 0 Å². The van der Waals surface area contributed by atoms with Crippen molar-refractivity contribution in [2.45, 2.75) is 56.1 Å². The number of amides is 3. The van der Waals surface area contributed by atoms with Gasteiger partial charge in [-0.1, -0.05) is 43.5 Å². The molecule has 0 aromatic heterocycles. The van der Waals surface area contributed by atoms with Gasteiger partial charge in [0.2, 0.25) is 0 Å². The molecule has 1 aliphatic heterocycles. The summed E-state index contributed by atoms with van der Waals surface area (Å²) in [6, 6.07) is 7.44. The summed E-state index contributed by atoms with van der Waals surface area (Å²) in [5.74, 6) is -0.202. The quantitative estimate of drug-likeness (QED) is 0.821. The van der Waals surface area contributed by atoms with E-state index in [0.717, 1.165) is 36.8 Å². The van der Waals surface area contributed by atoms with Crippen molar-refractivity contribution in [2.75, 3.05) is 6.54 Å². The van der Waals surface area contributed by atoms with Crippen LogP contribution in [0.5, 0.6) is 0 Å². The average Bonchev–Trinajstić information content (AvgIpc) is 3.03. The molecule has 0 unspecified atom stereocenters. The maximum atomic E-state index is 13.1. The number of aliphatic hydroxyl groups is 1. The Kier molecular flexibility index (Phi) is 3.23. The summed E-state index contributed by atoms with van der Waals surface area (Å²) in [6.45, 7) is 0.113. The van der Waals surface area contributed by atoms with Gasteiger partial charge >= 0.3 is 6.03 Å². The molecule has 3 amide bonds. The maximum absolute atomic E-state index is 13.1. The van der Waals surface area contributed by atoms with E-state index in [1.54, 1.807) is 0 Å². The van der Waals surface area contributed by atoms with Gasteiger partial charge in [0.15, 0.2) is 0 Å². The number of hydrogen-bond acceptors (Lipinski definition) is 3. The van der Waals surface area contributed by atoms with Crippen molar-refractivity contribution in [1.82, 2.24) is 10.2 Å². The molecule has 0 radical (unpaired) electrons. The van der Waals surface area contributed by atoms with Gasteiger partial charge in [-0.3, -0.25) is 9.69 Å². The molecule has 1 heterocycles. The van der Waals surface area contributed by atoms with Gasteiger partial charge in [0.25, 0.3) is 5.91 Å². The number of aryl methyl sites for hydroxylation is 1. The van der Waals surface area contributed by atoms with E-state index in [-0.39, 0.29) is 18.5 Å². The average molecular weight is 314 g/mol. The molecule has 122 valence electrons. The van der Waals surface area contributed by atoms with Crippen LogP contribution in [0.3, 0.4) is 0 Å². The molecule has 0 bridgehead atoms. The lowest BCUT2D eigenvalue weighted by Gasteiger charge is -2.34. The maximum Gasteiger partial charge on any atom is 0.325 e. The van der Waals surface area contributed by atoms with Gasteiger partial charge in [0.1, 0.15) is 5.54 Å². The largest absolute Gasteiger partial charge is 0.388 e. The topological polar surface area (TPSA) is 69.6 Å². The summed E-state index contributed by atoms with van der Waals surface area (Å²) >= 11 is 0. The number of imide groups is 1. The van der Waals surface area contributed by atoms with Crippen LogP contribution in [0.1, 0.15) is 49.7 Å². The van der Waals surface area contributed by atoms with Gasteiger partial charge in [-0.15, -0.1) is 0 Å². The normalized spacial score (nSPS) is 29.0. The Morgan fingerprint density at radius 3 is 2.61 bits per heavy atom. The van der Waals surface area contributed by atoms with Crippen LogP contribution < -0.4 is 5.32 Å². The first-order valence-electron chi connectivity index (χ1n) is 8.49. The summed E-state index contributed by atoms with van der Waals surface area (Å²) in [4.78, 5) is 26.7. The summed E-state index contributed by atoms with van der Waals surface area (Å²) in [7, 11) is 0. The molecule has 2 fully saturated rings. The standard InChI is InChI=1S/C18H22N2O3/c21-15-18(11-8-13-6-2-3-7-14(13)18)19-16(22)20(15)12-17(23)9-4-1-5-10-17/h2-3,6-7,23H,1,4-5,8-12H2,(H,19,22)/t18-/m1/s1. The van der Waals surface area contributed by atoms with E-state index in [1.165, 1.54) is 4.90 Å². The minimum atomic E-state index is -0.922. The van der Waals surface area contributed by atoms with E-state index in [4.69, 9.17) is 0 Å². The molecular weight excluding hydrogens is 292 g/mol. The van der Waals surface area contributed by atoms with Crippen molar-refractivity contribution in [1.29, 1.82) is 0 Å². The van der Waals surface area contributed by atoms with Gasteiger partial charge in [-0.05, 0) is 36.8 Å². The highest BCUT2D eigenvalue weighted by Gasteiger charge is 2.56. The molecule has 1 spiro atoms. The molecule has 2 N–H and O–H groups in total. The first kappa shape index (κ1) is 14.7. The van der Waals surface area contributed by atoms with Crippen molar-refractivity contribution in [3.8, 4) is 0 Å². The van der Waals surface area contributed by atoms with E-state index in [0.29, 0.717) is 19.3 Å². The molecule has 1 saturated heterocycles. The van der Waals surface area contributed by atoms with Gasteiger partial charge in [-0.2, -0.15) is 0 Å². The predicted octanol–water partition coefficient (Wildman–Crippen LogP) is 2.08. The number of β-amino-alcohol motifs (C(OH)–C–C–N with tert-alkyl or cyclic N) is 1. The minimum Gasteiger partial charge on any atom is -0.388 e. The zero-order valence-electron chi connectivity index (χ0n) is 13.2. The van der Waals surface area contributed by atoms with E-state index in [1.807, 2.05) is 24.3 Å². The molecule has 3 aliphatic rings. The van der Waals surface area contributed by atoms with Crippen LogP contribution in [0.15, 0.2) is 24.3 Å². The van der Waals surface area contributed by atoms with Gasteiger partial charge in [0, 0.05) is 0 Å². The summed E-state index contributed by atoms with van der Waals surface area (Å²) in [6.07, 6.45) is 5.73. The third-order valence-electron chi connectivity index (χ3n) is 5.66. The zero-order valence-corrected chi connectivity index (χ0v) is 13.2. The number of carbonyl (C=O) groups is 2. The fourth-order valence-corrected chi connectivity index (χ4v) is 4.40. The van der Waals surface area contributed by atoms with Crippen LogP contribution in [0.25, 0.3) is 0 Å². The second-order valence-corrected chi connectivity index (χ2v) is 7.17. The summed E-state index contributed by atoms with van der Waals surface area (Å²) in [5.41, 5.74) is 0.198. The van der Waals surface area contributed by atoms with E-state index < -0.39 is 11.1 Å². The lowest BCUT2D eigenvalue weighted by atomic mass is 9.84. The van der Waals surface area contributed by atoms with Crippen LogP contribution in [-0.2, 0) is 16.8 Å². The Morgan fingerprint density at radius 1 is 1.09 bits per heavy atom. The number of benzene rings is 1. The zero-order chi connectivity index (χ0) is 16.1. The molecule has 1 aromatic rings. The molecule has 5 nitrogen and oxygen atoms in total. The molecule has 1 aromatic carbocycles. The van der Waals surface area contributed by atoms with Crippen molar-refractivity contribution >= 4 is 11.9 Å². The SMILES string of the molecule is O=C1N[C@@]2(CCc3ccccc32)C(=O)N1CC1(O)CCCCC1. The highest BCUT2D eigenvalue weighted by Crippen LogP contribution is 2.42. The third-order valence-corrected chi connectivity index (χ3v) is 5.66. The van der Waals surface area contributed by atoms with E-state index in [2.05, 4.69) is 5.32 Å². The second-order valence-electron chi connectivity index (χ2n) is 7.17. The molecule has 1 saturated carbocycles. The number of urea groups is 1. The van der Waals surface area contributed by atoms with Crippen LogP contribution in [-0.4, -0.2) is 34.1 Å². The third kappa shape index (κ3) is 2.17. The summed E-state index contributed by atoms with van der Waals surface area (Å²) in [5, 5.41) is 13.6. The van der Waals surface area contributed by atoms with Gasteiger partial charge in [0.05, 0.1) is 12.1 Å². The highest BCUT2D eigenvalue weighted by molar-refractivity contribution is 6.08. The molecule has 1 atom stereocenters. The van der Waals surface area contributed by atoms with Crippen LogP contribution in [0.2, 0.25) is 0 Å². The van der Waals surface area contributed by atoms with Crippen molar-refractivity contribution in [2.24, 2.45) is 0 Å². The smallest absolute Gasteiger partial charge is 0.325 e. The van der Waals surface area contributed by atoms with Crippen LogP contribution in [0, 0.1) is 0 Å². The number of nitrogens with zero attached hydrogens (tertiary/aromatic N) is 1. The lowest BCUT2D eigenvalue weighted by Crippen LogP contribution is -2.48. The lowest BCUT2D eigenvalue weighted by molar-refractivity contribution is -0.134. The minimum absolute atomic E-state index is 0.113. The molecule has 23 heavy (non-hydrogen) atoms. The number of rotatable bonds is 2. The second kappa shape index (κ2) is 5.06. The summed E-state index contributed by atoms with van der Waals surface area (Å²) < 4.78 is 0. The molecule has 2 aliphatic carbocycles. The van der Waals surface area contributed by atoms with E-state index in [9.17, 15) is 14.7 Å². The first-order chi connectivity index (χ1) is 11.0. The van der Waals surface area contributed by atoms with Gasteiger partial charge < -0.3 is 10.4 Å². The van der Waals surface area contributed by atoms with Crippen molar-refractivity contribution < 1.29 is 14.7 Å². The van der Waals surface area contributed by atoms with E-state index >= 15 is 0 Å². The Bertz CT molecular complexity index is 666. The molecule has 4 rings (SSSR count). The van der Waals surface area contributed by atoms with Crippen LogP contribution in [0.4, 0.5) is 4.79 Å². The molecular formula is C18H22N2O3. The Hall–Kier alpha value is -1.88.